The maximum Gasteiger partial charge on any atom is 0.215 e. The van der Waals surface area contributed by atoms with Crippen LogP contribution in [0, 0.1) is 5.41 Å². The van der Waals surface area contributed by atoms with E-state index in [2.05, 4.69) is 20.5 Å². The summed E-state index contributed by atoms with van der Waals surface area (Å²) in [5.74, 6) is 0.000455. The van der Waals surface area contributed by atoms with Crippen molar-refractivity contribution in [2.75, 3.05) is 0 Å². The second kappa shape index (κ2) is 5.58. The average molecular weight is 289 g/mol. The molecule has 0 spiro atoms. The summed E-state index contributed by atoms with van der Waals surface area (Å²) in [6.07, 6.45) is 6.34. The molecule has 0 saturated heterocycles. The van der Waals surface area contributed by atoms with E-state index < -0.39 is 0 Å². The molecule has 0 amide bonds. The van der Waals surface area contributed by atoms with Gasteiger partial charge in [-0.25, -0.2) is 9.67 Å². The van der Waals surface area contributed by atoms with E-state index in [0.29, 0.717) is 21.8 Å². The van der Waals surface area contributed by atoms with Crippen LogP contribution in [0.1, 0.15) is 37.3 Å². The van der Waals surface area contributed by atoms with E-state index in [1.165, 1.54) is 24.6 Å². The van der Waals surface area contributed by atoms with Crippen LogP contribution in [0.2, 0.25) is 0 Å². The Kier molecular flexibility index (Phi) is 3.64. The molecule has 2 heterocycles. The molecule has 1 aliphatic carbocycles. The van der Waals surface area contributed by atoms with E-state index in [4.69, 9.17) is 11.1 Å². The Hall–Kier alpha value is -1.96. The molecule has 0 aromatic carbocycles. The molecule has 0 aliphatic heterocycles. The van der Waals surface area contributed by atoms with E-state index in [1.807, 2.05) is 4.68 Å². The van der Waals surface area contributed by atoms with Gasteiger partial charge in [0, 0.05) is 11.8 Å². The van der Waals surface area contributed by atoms with Gasteiger partial charge in [-0.3, -0.25) is 5.41 Å². The summed E-state index contributed by atoms with van der Waals surface area (Å²) in [7, 11) is 0. The Balaban J connectivity index is 1.88. The monoisotopic (exact) mass is 289 g/mol. The molecular weight excluding hydrogens is 274 g/mol. The van der Waals surface area contributed by atoms with Crippen LogP contribution in [0.4, 0.5) is 0 Å². The number of rotatable bonds is 4. The van der Waals surface area contributed by atoms with Gasteiger partial charge in [0.1, 0.15) is 10.9 Å². The van der Waals surface area contributed by atoms with Gasteiger partial charge in [0.05, 0.1) is 6.04 Å². The van der Waals surface area contributed by atoms with Crippen molar-refractivity contribution in [2.24, 2.45) is 5.73 Å². The topological polar surface area (TPSA) is 106 Å². The summed E-state index contributed by atoms with van der Waals surface area (Å²) in [6, 6.07) is 3.92. The molecule has 2 aromatic rings. The van der Waals surface area contributed by atoms with Crippen molar-refractivity contribution in [2.45, 2.75) is 41.9 Å². The third-order valence-electron chi connectivity index (χ3n) is 3.38. The molecule has 3 N–H and O–H groups in total. The average Bonchev–Trinajstić information content (AvgIpc) is 3.09. The molecule has 3 rings (SSSR count). The standard InChI is InChI=1S/C12H15N7S/c13-10(14)9-6-3-7-15-11(9)20-12-16-17-18-19(12)8-4-1-2-5-8/h3,6-8H,1-2,4-5H2,(H3,13,14). The summed E-state index contributed by atoms with van der Waals surface area (Å²) in [4.78, 5) is 4.28. The number of aromatic nitrogens is 5. The number of tetrazole rings is 1. The Morgan fingerprint density at radius 3 is 2.95 bits per heavy atom. The second-order valence-corrected chi connectivity index (χ2v) is 5.67. The van der Waals surface area contributed by atoms with E-state index >= 15 is 0 Å². The minimum Gasteiger partial charge on any atom is -0.384 e. The quantitative estimate of drug-likeness (QED) is 0.654. The lowest BCUT2D eigenvalue weighted by molar-refractivity contribution is 0.423. The minimum atomic E-state index is 0.000455. The maximum atomic E-state index is 7.59. The number of nitrogens with one attached hydrogen (secondary N) is 1. The number of nitrogens with two attached hydrogens (primary N) is 1. The zero-order valence-corrected chi connectivity index (χ0v) is 11.7. The maximum absolute atomic E-state index is 7.59. The van der Waals surface area contributed by atoms with Gasteiger partial charge in [-0.05, 0) is 47.2 Å². The summed E-state index contributed by atoms with van der Waals surface area (Å²) in [5, 5.41) is 20.9. The fraction of sp³-hybridized carbons (Fsp3) is 0.417. The van der Waals surface area contributed by atoms with Crippen LogP contribution in [0.25, 0.3) is 0 Å². The summed E-state index contributed by atoms with van der Waals surface area (Å²) < 4.78 is 1.87. The fourth-order valence-electron chi connectivity index (χ4n) is 2.39. The molecule has 0 atom stereocenters. The normalized spacial score (nSPS) is 15.6. The van der Waals surface area contributed by atoms with Crippen molar-refractivity contribution < 1.29 is 0 Å². The molecular formula is C12H15N7S. The van der Waals surface area contributed by atoms with Crippen LogP contribution < -0.4 is 5.73 Å². The zero-order valence-electron chi connectivity index (χ0n) is 10.9. The van der Waals surface area contributed by atoms with Crippen LogP contribution in [0.3, 0.4) is 0 Å². The van der Waals surface area contributed by atoms with Crippen molar-refractivity contribution in [1.82, 2.24) is 25.2 Å². The molecule has 1 fully saturated rings. The SMILES string of the molecule is N=C(N)c1cccnc1Sc1nnnn1C1CCCC1. The van der Waals surface area contributed by atoms with Crippen molar-refractivity contribution in [3.63, 3.8) is 0 Å². The van der Waals surface area contributed by atoms with E-state index in [0.717, 1.165) is 12.8 Å². The van der Waals surface area contributed by atoms with Gasteiger partial charge < -0.3 is 5.73 Å². The van der Waals surface area contributed by atoms with Crippen LogP contribution in [0.15, 0.2) is 28.5 Å². The smallest absolute Gasteiger partial charge is 0.215 e. The van der Waals surface area contributed by atoms with Gasteiger partial charge in [0.25, 0.3) is 0 Å². The second-order valence-electron chi connectivity index (χ2n) is 4.72. The fourth-order valence-corrected chi connectivity index (χ4v) is 3.33. The molecule has 1 saturated carbocycles. The van der Waals surface area contributed by atoms with E-state index in [9.17, 15) is 0 Å². The highest BCUT2D eigenvalue weighted by Crippen LogP contribution is 2.33. The Morgan fingerprint density at radius 1 is 1.40 bits per heavy atom. The van der Waals surface area contributed by atoms with Crippen LogP contribution in [-0.4, -0.2) is 31.0 Å². The van der Waals surface area contributed by atoms with Gasteiger partial charge in [0.15, 0.2) is 0 Å². The minimum absolute atomic E-state index is 0.000455. The number of pyridine rings is 1. The number of hydrogen-bond donors (Lipinski definition) is 2. The zero-order chi connectivity index (χ0) is 13.9. The first-order valence-electron chi connectivity index (χ1n) is 6.51. The van der Waals surface area contributed by atoms with Gasteiger partial charge >= 0.3 is 0 Å². The summed E-state index contributed by atoms with van der Waals surface area (Å²) in [6.45, 7) is 0. The first-order chi connectivity index (χ1) is 9.75. The molecule has 0 unspecified atom stereocenters. The number of nitrogens with zero attached hydrogens (tertiary/aromatic N) is 5. The predicted molar refractivity (Wildman–Crippen MR) is 74.7 cm³/mol. The molecule has 1 aliphatic rings. The molecule has 104 valence electrons. The van der Waals surface area contributed by atoms with Gasteiger partial charge in [-0.1, -0.05) is 12.8 Å². The van der Waals surface area contributed by atoms with Crippen molar-refractivity contribution in [1.29, 1.82) is 5.41 Å². The molecule has 0 bridgehead atoms. The predicted octanol–water partition coefficient (Wildman–Crippen LogP) is 1.62. The first kappa shape index (κ1) is 13.0. The van der Waals surface area contributed by atoms with Gasteiger partial charge in [-0.15, -0.1) is 5.10 Å². The number of hydrogen-bond acceptors (Lipinski definition) is 6. The largest absolute Gasteiger partial charge is 0.384 e. The third kappa shape index (κ3) is 2.51. The van der Waals surface area contributed by atoms with Crippen LogP contribution in [0.5, 0.6) is 0 Å². The molecule has 2 aromatic heterocycles. The number of nitrogen functional groups attached to an aromatic ring is 1. The molecule has 7 nitrogen and oxygen atoms in total. The lowest BCUT2D eigenvalue weighted by Crippen LogP contribution is -2.13. The first-order valence-corrected chi connectivity index (χ1v) is 7.32. The van der Waals surface area contributed by atoms with E-state index in [1.54, 1.807) is 18.3 Å². The molecule has 0 radical (unpaired) electrons. The van der Waals surface area contributed by atoms with Crippen LogP contribution >= 0.6 is 11.8 Å². The molecule has 20 heavy (non-hydrogen) atoms. The van der Waals surface area contributed by atoms with Crippen LogP contribution in [-0.2, 0) is 0 Å². The number of amidine groups is 1. The van der Waals surface area contributed by atoms with Crippen molar-refractivity contribution in [3.8, 4) is 0 Å². The summed E-state index contributed by atoms with van der Waals surface area (Å²) in [5.41, 5.74) is 6.18. The Morgan fingerprint density at radius 2 is 2.20 bits per heavy atom. The highest BCUT2D eigenvalue weighted by molar-refractivity contribution is 7.99. The molecule has 8 heteroatoms. The van der Waals surface area contributed by atoms with Crippen molar-refractivity contribution >= 4 is 17.6 Å². The van der Waals surface area contributed by atoms with Gasteiger partial charge in [0.2, 0.25) is 5.16 Å². The Bertz CT molecular complexity index is 618. The highest BCUT2D eigenvalue weighted by Gasteiger charge is 2.22. The lowest BCUT2D eigenvalue weighted by atomic mass is 10.3. The van der Waals surface area contributed by atoms with E-state index in [-0.39, 0.29) is 5.84 Å². The lowest BCUT2D eigenvalue weighted by Gasteiger charge is -2.11. The summed E-state index contributed by atoms with van der Waals surface area (Å²) >= 11 is 1.36. The van der Waals surface area contributed by atoms with Crippen molar-refractivity contribution in [3.05, 3.63) is 23.9 Å². The highest BCUT2D eigenvalue weighted by atomic mass is 32.2. The van der Waals surface area contributed by atoms with Gasteiger partial charge in [-0.2, -0.15) is 0 Å². The third-order valence-corrected chi connectivity index (χ3v) is 4.35. The Labute approximate surface area is 120 Å².